The number of aliphatic hydroxyl groups is 1. The van der Waals surface area contributed by atoms with Gasteiger partial charge in [-0.15, -0.1) is 0 Å². The van der Waals surface area contributed by atoms with Crippen LogP contribution in [0, 0.1) is 0 Å². The van der Waals surface area contributed by atoms with E-state index in [0.29, 0.717) is 5.76 Å². The first-order valence-electron chi connectivity index (χ1n) is 5.60. The van der Waals surface area contributed by atoms with E-state index in [9.17, 15) is 14.7 Å². The highest BCUT2D eigenvalue weighted by Crippen LogP contribution is 2.12. The summed E-state index contributed by atoms with van der Waals surface area (Å²) in [5, 5.41) is 12.1. The van der Waals surface area contributed by atoms with Gasteiger partial charge in [-0.1, -0.05) is 0 Å². The molecular formula is C12H17NO5. The van der Waals surface area contributed by atoms with Gasteiger partial charge in [0.05, 0.1) is 38.4 Å². The van der Waals surface area contributed by atoms with E-state index in [4.69, 9.17) is 4.42 Å². The van der Waals surface area contributed by atoms with Gasteiger partial charge in [0.1, 0.15) is 5.76 Å². The molecule has 0 unspecified atom stereocenters. The molecule has 0 aromatic carbocycles. The number of nitrogens with one attached hydrogen (secondary N) is 1. The van der Waals surface area contributed by atoms with Gasteiger partial charge >= 0.3 is 5.97 Å². The van der Waals surface area contributed by atoms with Crippen LogP contribution in [-0.4, -0.2) is 30.2 Å². The molecule has 1 rings (SSSR count). The monoisotopic (exact) mass is 255 g/mol. The van der Waals surface area contributed by atoms with Crippen LogP contribution in [0.25, 0.3) is 0 Å². The largest absolute Gasteiger partial charge is 0.469 e. The number of aliphatic hydroxyl groups excluding tert-OH is 1. The number of amides is 1. The molecule has 6 nitrogen and oxygen atoms in total. The summed E-state index contributed by atoms with van der Waals surface area (Å²) in [6.07, 6.45) is 0.129. The number of methoxy groups -OCH3 is 1. The minimum absolute atomic E-state index is 0.153. The van der Waals surface area contributed by atoms with E-state index >= 15 is 0 Å². The van der Waals surface area contributed by atoms with Gasteiger partial charge in [-0.3, -0.25) is 9.59 Å². The third-order valence-electron chi connectivity index (χ3n) is 2.40. The Labute approximate surface area is 105 Å². The first-order valence-corrected chi connectivity index (χ1v) is 5.60. The number of carbonyl (C=O) groups excluding carboxylic acids is 2. The third kappa shape index (κ3) is 4.58. The van der Waals surface area contributed by atoms with Crippen LogP contribution in [0.1, 0.15) is 31.6 Å². The molecule has 0 saturated heterocycles. The van der Waals surface area contributed by atoms with Crippen molar-refractivity contribution in [3.05, 3.63) is 24.2 Å². The number of hydrogen-bond acceptors (Lipinski definition) is 5. The summed E-state index contributed by atoms with van der Waals surface area (Å²) in [6.45, 7) is 1.77. The zero-order chi connectivity index (χ0) is 13.5. The Morgan fingerprint density at radius 1 is 1.50 bits per heavy atom. The molecule has 0 bridgehead atoms. The standard InChI is InChI=1S/C12H17NO5/c1-8(10-4-3-5-18-10)13-11(15)6-9(14)7-12(16)17-2/h3-5,8-9,14H,6-7H2,1-2H3,(H,13,15)/t8-,9+/m1/s1. The lowest BCUT2D eigenvalue weighted by Crippen LogP contribution is -2.30. The van der Waals surface area contributed by atoms with Gasteiger partial charge < -0.3 is 19.6 Å². The van der Waals surface area contributed by atoms with Gasteiger partial charge in [0.25, 0.3) is 0 Å². The van der Waals surface area contributed by atoms with E-state index in [1.807, 2.05) is 0 Å². The normalized spacial score (nSPS) is 13.7. The lowest BCUT2D eigenvalue weighted by Gasteiger charge is -2.13. The van der Waals surface area contributed by atoms with Crippen molar-refractivity contribution < 1.29 is 23.8 Å². The summed E-state index contributed by atoms with van der Waals surface area (Å²) in [6, 6.07) is 3.19. The molecule has 1 amide bonds. The summed E-state index contributed by atoms with van der Waals surface area (Å²) in [4.78, 5) is 22.4. The predicted molar refractivity (Wildman–Crippen MR) is 62.5 cm³/mol. The maximum Gasteiger partial charge on any atom is 0.308 e. The molecule has 0 saturated carbocycles. The summed E-state index contributed by atoms with van der Waals surface area (Å²) in [7, 11) is 1.23. The van der Waals surface area contributed by atoms with Crippen LogP contribution in [0.5, 0.6) is 0 Å². The molecule has 0 aliphatic heterocycles. The van der Waals surface area contributed by atoms with E-state index in [2.05, 4.69) is 10.1 Å². The second kappa shape index (κ2) is 6.80. The van der Waals surface area contributed by atoms with Gasteiger partial charge in [-0.2, -0.15) is 0 Å². The topological polar surface area (TPSA) is 88.8 Å². The maximum atomic E-state index is 11.6. The van der Waals surface area contributed by atoms with E-state index in [1.165, 1.54) is 13.4 Å². The molecular weight excluding hydrogens is 238 g/mol. The molecule has 0 aliphatic carbocycles. The molecule has 2 N–H and O–H groups in total. The van der Waals surface area contributed by atoms with Gasteiger partial charge in [0, 0.05) is 0 Å². The molecule has 1 heterocycles. The van der Waals surface area contributed by atoms with Gasteiger partial charge in [-0.05, 0) is 19.1 Å². The average molecular weight is 255 g/mol. The minimum atomic E-state index is -1.04. The second-order valence-electron chi connectivity index (χ2n) is 3.94. The smallest absolute Gasteiger partial charge is 0.308 e. The Hall–Kier alpha value is -1.82. The molecule has 100 valence electrons. The number of carbonyl (C=O) groups is 2. The molecule has 0 aliphatic rings. The SMILES string of the molecule is COC(=O)C[C@@H](O)CC(=O)N[C@H](C)c1ccco1. The number of esters is 1. The van der Waals surface area contributed by atoms with Gasteiger partial charge in [0.2, 0.25) is 5.91 Å². The first-order chi connectivity index (χ1) is 8.52. The fourth-order valence-electron chi connectivity index (χ4n) is 1.47. The Bertz CT molecular complexity index is 387. The molecule has 18 heavy (non-hydrogen) atoms. The zero-order valence-corrected chi connectivity index (χ0v) is 10.4. The summed E-state index contributed by atoms with van der Waals surface area (Å²) >= 11 is 0. The Kier molecular flexibility index (Phi) is 5.38. The van der Waals surface area contributed by atoms with Crippen molar-refractivity contribution in [1.82, 2.24) is 5.32 Å². The summed E-state index contributed by atoms with van der Waals surface area (Å²) < 4.78 is 9.53. The first kappa shape index (κ1) is 14.2. The van der Waals surface area contributed by atoms with Crippen LogP contribution < -0.4 is 5.32 Å². The van der Waals surface area contributed by atoms with Crippen molar-refractivity contribution >= 4 is 11.9 Å². The molecule has 0 radical (unpaired) electrons. The highest BCUT2D eigenvalue weighted by atomic mass is 16.5. The van der Waals surface area contributed by atoms with Crippen LogP contribution in [0.15, 0.2) is 22.8 Å². The molecule has 0 fully saturated rings. The fourth-order valence-corrected chi connectivity index (χ4v) is 1.47. The van der Waals surface area contributed by atoms with Crippen molar-refractivity contribution in [2.45, 2.75) is 31.9 Å². The molecule has 1 aromatic heterocycles. The quantitative estimate of drug-likeness (QED) is 0.733. The number of furan rings is 1. The van der Waals surface area contributed by atoms with E-state index in [0.717, 1.165) is 0 Å². The second-order valence-corrected chi connectivity index (χ2v) is 3.94. The van der Waals surface area contributed by atoms with Crippen molar-refractivity contribution in [3.8, 4) is 0 Å². The van der Waals surface area contributed by atoms with Crippen LogP contribution in [0.3, 0.4) is 0 Å². The van der Waals surface area contributed by atoms with Gasteiger partial charge in [-0.25, -0.2) is 0 Å². The van der Waals surface area contributed by atoms with Crippen LogP contribution in [-0.2, 0) is 14.3 Å². The molecule has 6 heteroatoms. The van der Waals surface area contributed by atoms with Crippen molar-refractivity contribution in [1.29, 1.82) is 0 Å². The van der Waals surface area contributed by atoms with Crippen molar-refractivity contribution in [2.75, 3.05) is 7.11 Å². The lowest BCUT2D eigenvalue weighted by molar-refractivity contribution is -0.143. The number of hydrogen-bond donors (Lipinski definition) is 2. The summed E-state index contributed by atoms with van der Waals surface area (Å²) in [5.74, 6) is -0.268. The predicted octanol–water partition coefficient (Wildman–Crippen LogP) is 0.771. The molecule has 1 aromatic rings. The Morgan fingerprint density at radius 3 is 2.78 bits per heavy atom. The van der Waals surface area contributed by atoms with Crippen LogP contribution >= 0.6 is 0 Å². The fraction of sp³-hybridized carbons (Fsp3) is 0.500. The van der Waals surface area contributed by atoms with E-state index in [1.54, 1.807) is 19.1 Å². The number of rotatable bonds is 6. The summed E-state index contributed by atoms with van der Waals surface area (Å²) in [5.41, 5.74) is 0. The number of ether oxygens (including phenoxy) is 1. The van der Waals surface area contributed by atoms with Crippen molar-refractivity contribution in [3.63, 3.8) is 0 Å². The van der Waals surface area contributed by atoms with Crippen LogP contribution in [0.2, 0.25) is 0 Å². The zero-order valence-electron chi connectivity index (χ0n) is 10.4. The average Bonchev–Trinajstić information content (AvgIpc) is 2.81. The highest BCUT2D eigenvalue weighted by Gasteiger charge is 2.17. The lowest BCUT2D eigenvalue weighted by atomic mass is 10.1. The Morgan fingerprint density at radius 2 is 2.22 bits per heavy atom. The van der Waals surface area contributed by atoms with Gasteiger partial charge in [0.15, 0.2) is 0 Å². The third-order valence-corrected chi connectivity index (χ3v) is 2.40. The van der Waals surface area contributed by atoms with Crippen LogP contribution in [0.4, 0.5) is 0 Å². The van der Waals surface area contributed by atoms with Crippen molar-refractivity contribution in [2.24, 2.45) is 0 Å². The van der Waals surface area contributed by atoms with E-state index in [-0.39, 0.29) is 24.8 Å². The Balaban J connectivity index is 2.35. The maximum absolute atomic E-state index is 11.6. The minimum Gasteiger partial charge on any atom is -0.469 e. The highest BCUT2D eigenvalue weighted by molar-refractivity contribution is 5.78. The van der Waals surface area contributed by atoms with E-state index < -0.39 is 12.1 Å². The molecule has 0 spiro atoms. The molecule has 2 atom stereocenters.